The Balaban J connectivity index is 0.00000272. The number of nitrogens with zero attached hydrogens (tertiary/aromatic N) is 2. The van der Waals surface area contributed by atoms with Crippen molar-refractivity contribution in [2.45, 2.75) is 26.3 Å². The summed E-state index contributed by atoms with van der Waals surface area (Å²) >= 11 is 6.08. The SMILES string of the molecule is CC(C)c1cn(Cc2cccc(Cl)c2)c(=O)c2c(O)c(=O)c(-c3ccccc3)cn12.Cl. The van der Waals surface area contributed by atoms with Crippen LogP contribution in [-0.2, 0) is 6.54 Å². The first-order valence-corrected chi connectivity index (χ1v) is 10.1. The third-order valence-corrected chi connectivity index (χ3v) is 5.37. The van der Waals surface area contributed by atoms with Gasteiger partial charge in [0.1, 0.15) is 0 Å². The Labute approximate surface area is 190 Å². The highest BCUT2D eigenvalue weighted by Crippen LogP contribution is 2.24. The fourth-order valence-corrected chi connectivity index (χ4v) is 3.84. The number of aromatic nitrogens is 2. The first-order chi connectivity index (χ1) is 14.4. The lowest BCUT2D eigenvalue weighted by Gasteiger charge is -2.18. The van der Waals surface area contributed by atoms with E-state index in [-0.39, 0.29) is 30.4 Å². The van der Waals surface area contributed by atoms with E-state index in [2.05, 4.69) is 0 Å². The molecule has 0 aliphatic rings. The summed E-state index contributed by atoms with van der Waals surface area (Å²) in [5, 5.41) is 11.3. The van der Waals surface area contributed by atoms with Crippen LogP contribution in [0.4, 0.5) is 0 Å². The van der Waals surface area contributed by atoms with Gasteiger partial charge in [-0.2, -0.15) is 0 Å². The molecule has 2 aromatic carbocycles. The van der Waals surface area contributed by atoms with Crippen molar-refractivity contribution in [2.24, 2.45) is 0 Å². The molecule has 160 valence electrons. The Morgan fingerprint density at radius 3 is 2.35 bits per heavy atom. The summed E-state index contributed by atoms with van der Waals surface area (Å²) in [4.78, 5) is 26.1. The van der Waals surface area contributed by atoms with Gasteiger partial charge in [-0.1, -0.05) is 67.9 Å². The average molecular weight is 457 g/mol. The van der Waals surface area contributed by atoms with Crippen molar-refractivity contribution in [1.29, 1.82) is 0 Å². The lowest BCUT2D eigenvalue weighted by molar-refractivity contribution is 0.472. The van der Waals surface area contributed by atoms with Crippen molar-refractivity contribution in [1.82, 2.24) is 8.97 Å². The number of benzene rings is 2. The van der Waals surface area contributed by atoms with Gasteiger partial charge in [-0.05, 0) is 29.2 Å². The van der Waals surface area contributed by atoms with E-state index in [4.69, 9.17) is 11.6 Å². The Morgan fingerprint density at radius 1 is 1.00 bits per heavy atom. The van der Waals surface area contributed by atoms with Crippen molar-refractivity contribution < 1.29 is 5.11 Å². The second-order valence-corrected chi connectivity index (χ2v) is 8.01. The van der Waals surface area contributed by atoms with Crippen molar-refractivity contribution in [3.05, 3.63) is 104 Å². The van der Waals surface area contributed by atoms with Gasteiger partial charge in [-0.15, -0.1) is 12.4 Å². The van der Waals surface area contributed by atoms with Gasteiger partial charge in [0.2, 0.25) is 5.43 Å². The van der Waals surface area contributed by atoms with Crippen LogP contribution < -0.4 is 11.0 Å². The molecule has 0 aliphatic carbocycles. The molecule has 5 nitrogen and oxygen atoms in total. The highest BCUT2D eigenvalue weighted by atomic mass is 35.5. The van der Waals surface area contributed by atoms with Gasteiger partial charge in [0, 0.05) is 28.7 Å². The highest BCUT2D eigenvalue weighted by molar-refractivity contribution is 6.30. The molecule has 0 amide bonds. The van der Waals surface area contributed by atoms with Gasteiger partial charge in [0.05, 0.1) is 6.54 Å². The minimum Gasteiger partial charge on any atom is -0.503 e. The highest BCUT2D eigenvalue weighted by Gasteiger charge is 2.19. The van der Waals surface area contributed by atoms with E-state index in [1.807, 2.05) is 44.2 Å². The van der Waals surface area contributed by atoms with Gasteiger partial charge < -0.3 is 14.1 Å². The molecule has 1 N–H and O–H groups in total. The minimum atomic E-state index is -0.562. The summed E-state index contributed by atoms with van der Waals surface area (Å²) in [5.41, 5.74) is 1.67. The lowest BCUT2D eigenvalue weighted by Crippen LogP contribution is -2.27. The standard InChI is InChI=1S/C24H21ClN2O3.ClH/c1-15(2)20-14-26(12-16-7-6-10-18(25)11-16)24(30)21-23(29)22(28)19(13-27(20)21)17-8-4-3-5-9-17;/h3-11,13-15,29H,12H2,1-2H3;1H. The minimum absolute atomic E-state index is 0. The maximum atomic E-state index is 13.2. The summed E-state index contributed by atoms with van der Waals surface area (Å²) in [6.07, 6.45) is 3.42. The molecule has 0 bridgehead atoms. The normalized spacial score (nSPS) is 11.0. The zero-order valence-electron chi connectivity index (χ0n) is 17.1. The molecule has 0 atom stereocenters. The fraction of sp³-hybridized carbons (Fsp3) is 0.167. The van der Waals surface area contributed by atoms with Crippen LogP contribution >= 0.6 is 24.0 Å². The molecule has 0 radical (unpaired) electrons. The number of rotatable bonds is 4. The maximum Gasteiger partial charge on any atom is 0.279 e. The second kappa shape index (κ2) is 9.00. The van der Waals surface area contributed by atoms with Crippen molar-refractivity contribution in [2.75, 3.05) is 0 Å². The molecule has 0 fully saturated rings. The van der Waals surface area contributed by atoms with E-state index >= 15 is 0 Å². The monoisotopic (exact) mass is 456 g/mol. The molecular weight excluding hydrogens is 435 g/mol. The van der Waals surface area contributed by atoms with Gasteiger partial charge in [-0.3, -0.25) is 9.59 Å². The molecule has 0 aliphatic heterocycles. The molecule has 0 unspecified atom stereocenters. The van der Waals surface area contributed by atoms with Crippen LogP contribution in [0.5, 0.6) is 5.75 Å². The van der Waals surface area contributed by atoms with Gasteiger partial charge in [0.25, 0.3) is 5.56 Å². The summed E-state index contributed by atoms with van der Waals surface area (Å²) in [6, 6.07) is 16.4. The summed E-state index contributed by atoms with van der Waals surface area (Å²) in [6.45, 7) is 4.28. The van der Waals surface area contributed by atoms with E-state index in [0.717, 1.165) is 11.3 Å². The molecule has 0 spiro atoms. The molecule has 4 rings (SSSR count). The van der Waals surface area contributed by atoms with E-state index in [1.54, 1.807) is 41.1 Å². The molecule has 2 heterocycles. The van der Waals surface area contributed by atoms with E-state index in [9.17, 15) is 14.7 Å². The molecule has 2 aromatic heterocycles. The molecule has 0 saturated heterocycles. The topological polar surface area (TPSA) is 63.7 Å². The van der Waals surface area contributed by atoms with Crippen molar-refractivity contribution in [3.63, 3.8) is 0 Å². The Bertz CT molecular complexity index is 1360. The second-order valence-electron chi connectivity index (χ2n) is 7.58. The molecule has 4 aromatic rings. The number of halogens is 2. The number of aromatic hydroxyl groups is 1. The largest absolute Gasteiger partial charge is 0.503 e. The van der Waals surface area contributed by atoms with Crippen molar-refractivity contribution >= 4 is 29.5 Å². The van der Waals surface area contributed by atoms with Crippen LogP contribution in [0.1, 0.15) is 31.0 Å². The molecule has 0 saturated carbocycles. The predicted molar refractivity (Wildman–Crippen MR) is 127 cm³/mol. The predicted octanol–water partition coefficient (Wildman–Crippen LogP) is 5.08. The Kier molecular flexibility index (Phi) is 6.58. The number of hydrogen-bond donors (Lipinski definition) is 1. The molecule has 7 heteroatoms. The zero-order valence-corrected chi connectivity index (χ0v) is 18.7. The maximum absolute atomic E-state index is 13.2. The summed E-state index contributed by atoms with van der Waals surface area (Å²) < 4.78 is 3.15. The van der Waals surface area contributed by atoms with Crippen LogP contribution in [0.3, 0.4) is 0 Å². The lowest BCUT2D eigenvalue weighted by atomic mass is 10.1. The van der Waals surface area contributed by atoms with Crippen LogP contribution in [0.2, 0.25) is 5.02 Å². The van der Waals surface area contributed by atoms with Gasteiger partial charge in [0.15, 0.2) is 11.3 Å². The van der Waals surface area contributed by atoms with Crippen LogP contribution in [0.15, 0.2) is 76.6 Å². The van der Waals surface area contributed by atoms with Crippen LogP contribution in [-0.4, -0.2) is 14.1 Å². The summed E-state index contributed by atoms with van der Waals surface area (Å²) in [7, 11) is 0. The first-order valence-electron chi connectivity index (χ1n) is 9.68. The summed E-state index contributed by atoms with van der Waals surface area (Å²) in [5.74, 6) is -0.493. The Hall–Kier alpha value is -3.02. The van der Waals surface area contributed by atoms with E-state index in [0.29, 0.717) is 16.1 Å². The van der Waals surface area contributed by atoms with Gasteiger partial charge >= 0.3 is 0 Å². The van der Waals surface area contributed by atoms with Crippen LogP contribution in [0.25, 0.3) is 16.6 Å². The Morgan fingerprint density at radius 2 is 1.71 bits per heavy atom. The van der Waals surface area contributed by atoms with Gasteiger partial charge in [-0.25, -0.2) is 0 Å². The van der Waals surface area contributed by atoms with E-state index < -0.39 is 16.7 Å². The third kappa shape index (κ3) is 4.24. The van der Waals surface area contributed by atoms with E-state index in [1.165, 1.54) is 4.57 Å². The first kappa shape index (κ1) is 22.7. The smallest absolute Gasteiger partial charge is 0.279 e. The zero-order chi connectivity index (χ0) is 21.4. The van der Waals surface area contributed by atoms with Crippen molar-refractivity contribution in [3.8, 4) is 16.9 Å². The quantitative estimate of drug-likeness (QED) is 0.465. The number of hydrogen-bond acceptors (Lipinski definition) is 3. The number of pyridine rings is 1. The van der Waals surface area contributed by atoms with Crippen LogP contribution in [0, 0.1) is 0 Å². The fourth-order valence-electron chi connectivity index (χ4n) is 3.63. The third-order valence-electron chi connectivity index (χ3n) is 5.13. The number of fused-ring (bicyclic) bond motifs is 1. The molecular formula is C24H22Cl2N2O3. The average Bonchev–Trinajstić information content (AvgIpc) is 2.72. The molecule has 31 heavy (non-hydrogen) atoms.